The molecule has 3 aliphatic rings. The van der Waals surface area contributed by atoms with Gasteiger partial charge in [0.1, 0.15) is 11.9 Å². The maximum Gasteiger partial charge on any atom is 0.338 e. The van der Waals surface area contributed by atoms with Crippen molar-refractivity contribution in [3.05, 3.63) is 71.8 Å². The zero-order chi connectivity index (χ0) is 23.5. The summed E-state index contributed by atoms with van der Waals surface area (Å²) in [4.78, 5) is 39.2. The van der Waals surface area contributed by atoms with Gasteiger partial charge in [-0.05, 0) is 68.7 Å². The van der Waals surface area contributed by atoms with Crippen molar-refractivity contribution in [2.75, 3.05) is 6.61 Å². The van der Waals surface area contributed by atoms with E-state index in [9.17, 15) is 14.4 Å². The maximum absolute atomic E-state index is 13.8. The van der Waals surface area contributed by atoms with E-state index in [-0.39, 0.29) is 35.8 Å². The van der Waals surface area contributed by atoms with Crippen LogP contribution in [0.3, 0.4) is 0 Å². The van der Waals surface area contributed by atoms with Crippen LogP contribution in [0.15, 0.2) is 60.7 Å². The Kier molecular flexibility index (Phi) is 6.53. The lowest BCUT2D eigenvalue weighted by molar-refractivity contribution is -0.135. The molecule has 5 atom stereocenters. The monoisotopic (exact) mass is 460 g/mol. The Hall–Kier alpha value is -2.95. The molecule has 178 valence electrons. The van der Waals surface area contributed by atoms with Crippen LogP contribution in [0.25, 0.3) is 0 Å². The van der Waals surface area contributed by atoms with Gasteiger partial charge in [-0.25, -0.2) is 9.59 Å². The van der Waals surface area contributed by atoms with Crippen LogP contribution in [0, 0.1) is 23.2 Å². The number of hydrogen-bond acceptors (Lipinski definition) is 5. The fourth-order valence-electron chi connectivity index (χ4n) is 6.62. The van der Waals surface area contributed by atoms with E-state index in [1.54, 1.807) is 24.3 Å². The van der Waals surface area contributed by atoms with Crippen molar-refractivity contribution < 1.29 is 23.9 Å². The highest BCUT2D eigenvalue weighted by molar-refractivity contribution is 5.91. The minimum atomic E-state index is -0.402. The lowest BCUT2D eigenvalue weighted by atomic mass is 9.69. The number of benzene rings is 2. The Bertz CT molecular complexity index is 1030. The first-order valence-electron chi connectivity index (χ1n) is 12.6. The molecule has 1 unspecified atom stereocenters. The number of fused-ring (bicyclic) bond motifs is 1. The molecule has 2 bridgehead atoms. The summed E-state index contributed by atoms with van der Waals surface area (Å²) < 4.78 is 11.8. The lowest BCUT2D eigenvalue weighted by Gasteiger charge is -2.35. The molecule has 2 aromatic carbocycles. The van der Waals surface area contributed by atoms with Crippen LogP contribution >= 0.6 is 0 Å². The fraction of sp³-hybridized carbons (Fsp3) is 0.483. The van der Waals surface area contributed by atoms with Gasteiger partial charge in [0.15, 0.2) is 0 Å². The highest BCUT2D eigenvalue weighted by Gasteiger charge is 2.58. The van der Waals surface area contributed by atoms with Gasteiger partial charge >= 0.3 is 11.9 Å². The molecule has 3 saturated carbocycles. The second-order valence-corrected chi connectivity index (χ2v) is 10.2. The minimum absolute atomic E-state index is 0.0107. The topological polar surface area (TPSA) is 69.7 Å². The molecule has 0 heterocycles. The SMILES string of the molecule is O=C(OC[C@@H]1C[C@H]2CCCCC3(CC[C@H](OC(=O)c4ccccc4)[C@H]3C1)C2=O)c1ccccc1. The molecule has 0 N–H and O–H groups in total. The van der Waals surface area contributed by atoms with Crippen LogP contribution in [-0.2, 0) is 14.3 Å². The Morgan fingerprint density at radius 2 is 1.50 bits per heavy atom. The van der Waals surface area contributed by atoms with Crippen molar-refractivity contribution in [3.63, 3.8) is 0 Å². The molecule has 34 heavy (non-hydrogen) atoms. The zero-order valence-corrected chi connectivity index (χ0v) is 19.5. The summed E-state index contributed by atoms with van der Waals surface area (Å²) in [7, 11) is 0. The van der Waals surface area contributed by atoms with Gasteiger partial charge in [0.2, 0.25) is 0 Å². The van der Waals surface area contributed by atoms with E-state index in [1.807, 2.05) is 36.4 Å². The van der Waals surface area contributed by atoms with Crippen LogP contribution in [0.1, 0.15) is 72.1 Å². The summed E-state index contributed by atoms with van der Waals surface area (Å²) in [5, 5.41) is 0. The van der Waals surface area contributed by atoms with E-state index in [4.69, 9.17) is 9.47 Å². The second-order valence-electron chi connectivity index (χ2n) is 10.2. The first-order valence-corrected chi connectivity index (χ1v) is 12.6. The largest absolute Gasteiger partial charge is 0.462 e. The van der Waals surface area contributed by atoms with Crippen molar-refractivity contribution >= 4 is 17.7 Å². The van der Waals surface area contributed by atoms with Gasteiger partial charge in [-0.15, -0.1) is 0 Å². The van der Waals surface area contributed by atoms with Crippen LogP contribution in [0.2, 0.25) is 0 Å². The molecule has 0 aromatic heterocycles. The third kappa shape index (κ3) is 4.40. The normalized spacial score (nSPS) is 30.5. The molecule has 0 radical (unpaired) electrons. The van der Waals surface area contributed by atoms with Gasteiger partial charge in [0.25, 0.3) is 0 Å². The molecule has 5 heteroatoms. The fourth-order valence-corrected chi connectivity index (χ4v) is 6.62. The minimum Gasteiger partial charge on any atom is -0.462 e. The molecule has 5 rings (SSSR count). The highest BCUT2D eigenvalue weighted by atomic mass is 16.5. The van der Waals surface area contributed by atoms with E-state index in [2.05, 4.69) is 0 Å². The van der Waals surface area contributed by atoms with E-state index >= 15 is 0 Å². The van der Waals surface area contributed by atoms with Crippen LogP contribution < -0.4 is 0 Å². The molecule has 1 spiro atoms. The Morgan fingerprint density at radius 1 is 0.824 bits per heavy atom. The Morgan fingerprint density at radius 3 is 2.21 bits per heavy atom. The molecule has 5 nitrogen and oxygen atoms in total. The van der Waals surface area contributed by atoms with Gasteiger partial charge in [-0.2, -0.15) is 0 Å². The zero-order valence-electron chi connectivity index (χ0n) is 19.5. The summed E-state index contributed by atoms with van der Waals surface area (Å²) in [5.74, 6) is -0.207. The Labute approximate surface area is 200 Å². The quantitative estimate of drug-likeness (QED) is 0.541. The van der Waals surface area contributed by atoms with Gasteiger partial charge in [-0.3, -0.25) is 4.79 Å². The summed E-state index contributed by atoms with van der Waals surface area (Å²) >= 11 is 0. The summed E-state index contributed by atoms with van der Waals surface area (Å²) in [5.41, 5.74) is 0.672. The van der Waals surface area contributed by atoms with Crippen molar-refractivity contribution in [3.8, 4) is 0 Å². The predicted molar refractivity (Wildman–Crippen MR) is 127 cm³/mol. The predicted octanol–water partition coefficient (Wildman–Crippen LogP) is 5.63. The Balaban J connectivity index is 1.35. The van der Waals surface area contributed by atoms with Gasteiger partial charge in [0, 0.05) is 17.3 Å². The van der Waals surface area contributed by atoms with Crippen molar-refractivity contribution in [2.24, 2.45) is 23.2 Å². The van der Waals surface area contributed by atoms with Crippen molar-refractivity contribution in [1.82, 2.24) is 0 Å². The number of carbonyl (C=O) groups excluding carboxylic acids is 3. The summed E-state index contributed by atoms with van der Waals surface area (Å²) in [6, 6.07) is 18.1. The average Bonchev–Trinajstić information content (AvgIpc) is 3.07. The first kappa shape index (κ1) is 22.8. The van der Waals surface area contributed by atoms with Crippen molar-refractivity contribution in [1.29, 1.82) is 0 Å². The molecule has 0 amide bonds. The standard InChI is InChI=1S/C29H32O5/c30-26-23-13-7-8-15-29(26)16-14-25(34-28(32)22-11-5-2-6-12-22)24(29)18-20(17-23)19-33-27(31)21-9-3-1-4-10-21/h1-6,9-12,20,23-25H,7-8,13-19H2/t20-,23-,24-,25+,29?/m1/s1. The molecule has 0 saturated heterocycles. The number of carbonyl (C=O) groups is 3. The van der Waals surface area contributed by atoms with Crippen LogP contribution in [0.4, 0.5) is 0 Å². The van der Waals surface area contributed by atoms with E-state index in [1.165, 1.54) is 0 Å². The third-order valence-electron chi connectivity index (χ3n) is 8.25. The smallest absolute Gasteiger partial charge is 0.338 e. The average molecular weight is 461 g/mol. The number of ether oxygens (including phenoxy) is 2. The molecular formula is C29H32O5. The van der Waals surface area contributed by atoms with Gasteiger partial charge in [-0.1, -0.05) is 49.2 Å². The van der Waals surface area contributed by atoms with Gasteiger partial charge < -0.3 is 9.47 Å². The van der Waals surface area contributed by atoms with Crippen LogP contribution in [-0.4, -0.2) is 30.4 Å². The third-order valence-corrected chi connectivity index (χ3v) is 8.25. The van der Waals surface area contributed by atoms with E-state index in [0.29, 0.717) is 23.5 Å². The number of esters is 2. The molecule has 0 aliphatic heterocycles. The number of hydrogen-bond donors (Lipinski definition) is 0. The second kappa shape index (κ2) is 9.73. The summed E-state index contributed by atoms with van der Waals surface area (Å²) in [6.45, 7) is 0.295. The van der Waals surface area contributed by atoms with Crippen molar-refractivity contribution in [2.45, 2.75) is 57.5 Å². The first-order chi connectivity index (χ1) is 16.6. The molecule has 3 aliphatic carbocycles. The van der Waals surface area contributed by atoms with E-state index in [0.717, 1.165) is 51.4 Å². The highest BCUT2D eigenvalue weighted by Crippen LogP contribution is 2.57. The number of rotatable bonds is 5. The molecular weight excluding hydrogens is 428 g/mol. The summed E-state index contributed by atoms with van der Waals surface area (Å²) in [6.07, 6.45) is 6.61. The maximum atomic E-state index is 13.8. The number of ketones is 1. The van der Waals surface area contributed by atoms with Gasteiger partial charge in [0.05, 0.1) is 17.7 Å². The van der Waals surface area contributed by atoms with Crippen LogP contribution in [0.5, 0.6) is 0 Å². The lowest BCUT2D eigenvalue weighted by Crippen LogP contribution is -2.40. The number of Topliss-reactive ketones (excluding diaryl/α,β-unsaturated/α-hetero) is 1. The molecule has 3 fully saturated rings. The van der Waals surface area contributed by atoms with E-state index < -0.39 is 5.41 Å². The molecule has 2 aromatic rings.